The standard InChI is InChI=1S/C17H17N3O2S2/c1-12-3-7-15(8-4-12)24(21,22)16-9-5-14(6-10-16)11-23-17-18-13(2)19-20-17/h3-10H,11H2,1-2H3,(H,18,19,20). The maximum Gasteiger partial charge on any atom is 0.208 e. The monoisotopic (exact) mass is 359 g/mol. The third kappa shape index (κ3) is 3.68. The second-order valence-electron chi connectivity index (χ2n) is 5.45. The van der Waals surface area contributed by atoms with Gasteiger partial charge in [0, 0.05) is 5.75 Å². The summed E-state index contributed by atoms with van der Waals surface area (Å²) in [6.07, 6.45) is 0. The van der Waals surface area contributed by atoms with Crippen LogP contribution in [-0.2, 0) is 15.6 Å². The molecule has 124 valence electrons. The van der Waals surface area contributed by atoms with Gasteiger partial charge in [0.1, 0.15) is 5.82 Å². The lowest BCUT2D eigenvalue weighted by Crippen LogP contribution is -2.02. The van der Waals surface area contributed by atoms with Gasteiger partial charge in [-0.3, -0.25) is 5.10 Å². The number of hydrogen-bond donors (Lipinski definition) is 1. The molecular weight excluding hydrogens is 342 g/mol. The van der Waals surface area contributed by atoms with E-state index < -0.39 is 9.84 Å². The van der Waals surface area contributed by atoms with Gasteiger partial charge in [-0.2, -0.15) is 0 Å². The molecule has 1 heterocycles. The van der Waals surface area contributed by atoms with Gasteiger partial charge in [-0.25, -0.2) is 13.4 Å². The van der Waals surface area contributed by atoms with Gasteiger partial charge < -0.3 is 0 Å². The molecule has 0 fully saturated rings. The number of sulfone groups is 1. The number of rotatable bonds is 5. The van der Waals surface area contributed by atoms with Crippen molar-refractivity contribution >= 4 is 21.6 Å². The van der Waals surface area contributed by atoms with E-state index in [0.717, 1.165) is 17.0 Å². The van der Waals surface area contributed by atoms with Crippen LogP contribution in [-0.4, -0.2) is 23.6 Å². The quantitative estimate of drug-likeness (QED) is 0.705. The molecule has 3 rings (SSSR count). The van der Waals surface area contributed by atoms with Gasteiger partial charge in [0.05, 0.1) is 9.79 Å². The van der Waals surface area contributed by atoms with Crippen LogP contribution in [0.25, 0.3) is 0 Å². The summed E-state index contributed by atoms with van der Waals surface area (Å²) in [6, 6.07) is 13.8. The lowest BCUT2D eigenvalue weighted by atomic mass is 10.2. The minimum atomic E-state index is -3.47. The molecule has 0 radical (unpaired) electrons. The lowest BCUT2D eigenvalue weighted by Gasteiger charge is -2.06. The number of aromatic amines is 1. The zero-order valence-electron chi connectivity index (χ0n) is 13.4. The molecular formula is C17H17N3O2S2. The summed E-state index contributed by atoms with van der Waals surface area (Å²) in [6.45, 7) is 3.78. The smallest absolute Gasteiger partial charge is 0.208 e. The van der Waals surface area contributed by atoms with E-state index in [1.54, 1.807) is 36.4 Å². The van der Waals surface area contributed by atoms with Gasteiger partial charge in [0.25, 0.3) is 0 Å². The van der Waals surface area contributed by atoms with Crippen molar-refractivity contribution in [3.05, 3.63) is 65.5 Å². The second-order valence-corrected chi connectivity index (χ2v) is 8.34. The molecule has 0 saturated heterocycles. The molecule has 5 nitrogen and oxygen atoms in total. The Bertz CT molecular complexity index is 931. The average molecular weight is 359 g/mol. The molecule has 0 spiro atoms. The van der Waals surface area contributed by atoms with E-state index in [0.29, 0.717) is 20.7 Å². The highest BCUT2D eigenvalue weighted by Crippen LogP contribution is 2.24. The number of aromatic nitrogens is 3. The second kappa shape index (κ2) is 6.78. The first kappa shape index (κ1) is 16.7. The Kier molecular flexibility index (Phi) is 4.73. The zero-order chi connectivity index (χ0) is 17.2. The summed E-state index contributed by atoms with van der Waals surface area (Å²) >= 11 is 1.50. The minimum absolute atomic E-state index is 0.300. The lowest BCUT2D eigenvalue weighted by molar-refractivity contribution is 0.596. The molecule has 0 bridgehead atoms. The van der Waals surface area contributed by atoms with Crippen LogP contribution in [0.5, 0.6) is 0 Å². The van der Waals surface area contributed by atoms with Crippen LogP contribution in [0, 0.1) is 13.8 Å². The Morgan fingerprint density at radius 3 is 2.08 bits per heavy atom. The van der Waals surface area contributed by atoms with Gasteiger partial charge in [-0.05, 0) is 43.7 Å². The van der Waals surface area contributed by atoms with Gasteiger partial charge in [0.2, 0.25) is 15.0 Å². The van der Waals surface area contributed by atoms with Crippen molar-refractivity contribution in [2.45, 2.75) is 34.5 Å². The summed E-state index contributed by atoms with van der Waals surface area (Å²) < 4.78 is 25.2. The molecule has 0 saturated carbocycles. The van der Waals surface area contributed by atoms with Crippen molar-refractivity contribution < 1.29 is 8.42 Å². The molecule has 2 aromatic carbocycles. The predicted octanol–water partition coefficient (Wildman–Crippen LogP) is 3.55. The number of thioether (sulfide) groups is 1. The third-order valence-corrected chi connectivity index (χ3v) is 6.21. The van der Waals surface area contributed by atoms with Gasteiger partial charge in [-0.1, -0.05) is 41.6 Å². The summed E-state index contributed by atoms with van der Waals surface area (Å²) in [5, 5.41) is 7.54. The van der Waals surface area contributed by atoms with Crippen LogP contribution in [0.4, 0.5) is 0 Å². The van der Waals surface area contributed by atoms with Crippen LogP contribution in [0.1, 0.15) is 17.0 Å². The summed E-state index contributed by atoms with van der Waals surface area (Å²) in [5.41, 5.74) is 2.05. The Morgan fingerprint density at radius 2 is 1.54 bits per heavy atom. The zero-order valence-corrected chi connectivity index (χ0v) is 15.0. The van der Waals surface area contributed by atoms with Crippen molar-refractivity contribution in [1.82, 2.24) is 15.2 Å². The molecule has 0 amide bonds. The van der Waals surface area contributed by atoms with E-state index in [1.165, 1.54) is 11.8 Å². The van der Waals surface area contributed by atoms with Crippen molar-refractivity contribution in [2.75, 3.05) is 0 Å². The number of hydrogen-bond acceptors (Lipinski definition) is 5. The summed E-state index contributed by atoms with van der Waals surface area (Å²) in [4.78, 5) is 4.84. The largest absolute Gasteiger partial charge is 0.262 e. The molecule has 24 heavy (non-hydrogen) atoms. The number of nitrogens with zero attached hydrogens (tertiary/aromatic N) is 2. The van der Waals surface area contributed by atoms with Gasteiger partial charge in [0.15, 0.2) is 0 Å². The number of aryl methyl sites for hydroxylation is 2. The fraction of sp³-hybridized carbons (Fsp3) is 0.176. The molecule has 0 aliphatic heterocycles. The Morgan fingerprint density at radius 1 is 0.958 bits per heavy atom. The minimum Gasteiger partial charge on any atom is -0.262 e. The first-order valence-electron chi connectivity index (χ1n) is 7.38. The number of H-pyrrole nitrogens is 1. The third-order valence-electron chi connectivity index (χ3n) is 3.51. The fourth-order valence-electron chi connectivity index (χ4n) is 2.15. The van der Waals surface area contributed by atoms with Crippen molar-refractivity contribution in [3.8, 4) is 0 Å². The predicted molar refractivity (Wildman–Crippen MR) is 93.8 cm³/mol. The van der Waals surface area contributed by atoms with E-state index in [2.05, 4.69) is 15.2 Å². The van der Waals surface area contributed by atoms with Crippen LogP contribution in [0.15, 0.2) is 63.5 Å². The molecule has 1 N–H and O–H groups in total. The van der Waals surface area contributed by atoms with Crippen LogP contribution in [0.2, 0.25) is 0 Å². The van der Waals surface area contributed by atoms with E-state index in [-0.39, 0.29) is 0 Å². The van der Waals surface area contributed by atoms with Crippen LogP contribution < -0.4 is 0 Å². The molecule has 7 heteroatoms. The summed E-state index contributed by atoms with van der Waals surface area (Å²) in [7, 11) is -3.47. The van der Waals surface area contributed by atoms with E-state index in [9.17, 15) is 8.42 Å². The van der Waals surface area contributed by atoms with Gasteiger partial charge >= 0.3 is 0 Å². The highest BCUT2D eigenvalue weighted by molar-refractivity contribution is 7.98. The van der Waals surface area contributed by atoms with E-state index in [4.69, 9.17) is 0 Å². The molecule has 3 aromatic rings. The van der Waals surface area contributed by atoms with Crippen molar-refractivity contribution in [1.29, 1.82) is 0 Å². The topological polar surface area (TPSA) is 75.7 Å². The van der Waals surface area contributed by atoms with Crippen molar-refractivity contribution in [3.63, 3.8) is 0 Å². The molecule has 0 unspecified atom stereocenters. The molecule has 1 aromatic heterocycles. The van der Waals surface area contributed by atoms with Crippen LogP contribution >= 0.6 is 11.8 Å². The SMILES string of the molecule is Cc1ccc(S(=O)(=O)c2ccc(CSc3n[nH]c(C)n3)cc2)cc1. The normalized spacial score (nSPS) is 11.6. The molecule has 0 aliphatic rings. The van der Waals surface area contributed by atoms with Gasteiger partial charge in [-0.15, -0.1) is 5.10 Å². The Hall–Kier alpha value is -2.12. The Labute approximate surface area is 145 Å². The fourth-order valence-corrected chi connectivity index (χ4v) is 4.21. The average Bonchev–Trinajstić information content (AvgIpc) is 2.99. The van der Waals surface area contributed by atoms with E-state index >= 15 is 0 Å². The Balaban J connectivity index is 1.75. The first-order chi connectivity index (χ1) is 11.4. The van der Waals surface area contributed by atoms with Crippen molar-refractivity contribution in [2.24, 2.45) is 0 Å². The number of nitrogens with one attached hydrogen (secondary N) is 1. The molecule has 0 atom stereocenters. The maximum absolute atomic E-state index is 12.6. The number of benzene rings is 2. The molecule has 0 aliphatic carbocycles. The highest BCUT2D eigenvalue weighted by Gasteiger charge is 2.17. The maximum atomic E-state index is 12.6. The van der Waals surface area contributed by atoms with Crippen LogP contribution in [0.3, 0.4) is 0 Å². The first-order valence-corrected chi connectivity index (χ1v) is 9.84. The summed E-state index contributed by atoms with van der Waals surface area (Å²) in [5.74, 6) is 1.46. The van der Waals surface area contributed by atoms with E-state index in [1.807, 2.05) is 26.0 Å². The highest BCUT2D eigenvalue weighted by atomic mass is 32.2.